The third-order valence-corrected chi connectivity index (χ3v) is 4.29. The van der Waals surface area contributed by atoms with E-state index in [9.17, 15) is 19.5 Å². The lowest BCUT2D eigenvalue weighted by Crippen LogP contribution is -2.13. The molecule has 2 aromatic heterocycles. The molecule has 2 aromatic rings. The first kappa shape index (κ1) is 22.7. The van der Waals surface area contributed by atoms with Crippen LogP contribution in [0.2, 0.25) is 0 Å². The Kier molecular flexibility index (Phi) is 7.73. The SMILES string of the molecule is CCc1c(O)c(CC)n(C)c1CC.O=C(O)c1ccc(C(=O)O)c(C(=O)O)n1. The summed E-state index contributed by atoms with van der Waals surface area (Å²) in [5.74, 6) is -3.97. The minimum Gasteiger partial charge on any atom is -0.506 e. The van der Waals surface area contributed by atoms with Crippen LogP contribution in [0, 0.1) is 0 Å². The third-order valence-electron chi connectivity index (χ3n) is 4.29. The highest BCUT2D eigenvalue weighted by atomic mass is 16.4. The van der Waals surface area contributed by atoms with Crippen LogP contribution in [0.25, 0.3) is 0 Å². The molecule has 4 N–H and O–H groups in total. The van der Waals surface area contributed by atoms with Gasteiger partial charge >= 0.3 is 17.9 Å². The van der Waals surface area contributed by atoms with Crippen molar-refractivity contribution in [2.24, 2.45) is 7.05 Å². The van der Waals surface area contributed by atoms with Crippen molar-refractivity contribution in [1.29, 1.82) is 0 Å². The molecule has 0 saturated carbocycles. The minimum atomic E-state index is -1.59. The Morgan fingerprint density at radius 3 is 1.82 bits per heavy atom. The summed E-state index contributed by atoms with van der Waals surface area (Å²) in [7, 11) is 2.04. The second-order valence-electron chi connectivity index (χ2n) is 5.85. The van der Waals surface area contributed by atoms with Gasteiger partial charge in [-0.1, -0.05) is 20.8 Å². The summed E-state index contributed by atoms with van der Waals surface area (Å²) in [6.45, 7) is 6.30. The van der Waals surface area contributed by atoms with Crippen molar-refractivity contribution in [3.63, 3.8) is 0 Å². The van der Waals surface area contributed by atoms with Crippen LogP contribution in [0.15, 0.2) is 12.1 Å². The number of aromatic hydroxyl groups is 1. The van der Waals surface area contributed by atoms with Crippen LogP contribution in [0.1, 0.15) is 69.1 Å². The Hall–Kier alpha value is -3.36. The molecule has 0 aliphatic carbocycles. The highest BCUT2D eigenvalue weighted by Crippen LogP contribution is 2.29. The number of pyridine rings is 1. The summed E-state index contributed by atoms with van der Waals surface area (Å²) in [5, 5.41) is 35.6. The van der Waals surface area contributed by atoms with Gasteiger partial charge in [0.15, 0.2) is 5.69 Å². The van der Waals surface area contributed by atoms with Crippen LogP contribution in [-0.4, -0.2) is 47.9 Å². The number of carboxylic acid groups (broad SMARTS) is 3. The lowest BCUT2D eigenvalue weighted by atomic mass is 10.1. The van der Waals surface area contributed by atoms with Gasteiger partial charge in [-0.25, -0.2) is 19.4 Å². The zero-order valence-corrected chi connectivity index (χ0v) is 16.2. The first-order valence-electron chi connectivity index (χ1n) is 8.69. The van der Waals surface area contributed by atoms with Crippen LogP contribution in [-0.2, 0) is 26.3 Å². The smallest absolute Gasteiger partial charge is 0.355 e. The minimum absolute atomic E-state index is 0.516. The van der Waals surface area contributed by atoms with E-state index < -0.39 is 34.9 Å². The van der Waals surface area contributed by atoms with Crippen LogP contribution in [0.4, 0.5) is 0 Å². The second kappa shape index (κ2) is 9.54. The standard InChI is InChI=1S/C11H19NO.C8H5NO6/c1-5-8-9(6-2)12(4)10(7-3)11(8)13;10-6(11)3-1-2-4(7(12)13)9-5(3)8(14)15/h13H,5-7H2,1-4H3;1-2H,(H,10,11)(H,12,13)(H,14,15). The Labute approximate surface area is 161 Å². The normalized spacial score (nSPS) is 10.1. The van der Waals surface area contributed by atoms with E-state index >= 15 is 0 Å². The molecular formula is C19H24N2O7. The summed E-state index contributed by atoms with van der Waals surface area (Å²) < 4.78 is 2.13. The van der Waals surface area contributed by atoms with E-state index in [2.05, 4.69) is 30.3 Å². The fraction of sp³-hybridized carbons (Fsp3) is 0.368. The second-order valence-corrected chi connectivity index (χ2v) is 5.85. The maximum atomic E-state index is 10.6. The summed E-state index contributed by atoms with van der Waals surface area (Å²) in [6.07, 6.45) is 2.81. The summed E-state index contributed by atoms with van der Waals surface area (Å²) >= 11 is 0. The molecule has 0 aliphatic heterocycles. The predicted molar refractivity (Wildman–Crippen MR) is 100 cm³/mol. The molecule has 0 amide bonds. The van der Waals surface area contributed by atoms with Crippen molar-refractivity contribution < 1.29 is 34.8 Å². The van der Waals surface area contributed by atoms with E-state index in [0.717, 1.165) is 42.7 Å². The number of carboxylic acids is 3. The fourth-order valence-electron chi connectivity index (χ4n) is 2.98. The average molecular weight is 392 g/mol. The number of carbonyl (C=O) groups is 3. The van der Waals surface area contributed by atoms with Gasteiger partial charge in [0.2, 0.25) is 0 Å². The number of rotatable bonds is 6. The Bertz CT molecular complexity index is 873. The maximum absolute atomic E-state index is 10.6. The van der Waals surface area contributed by atoms with Crippen molar-refractivity contribution in [1.82, 2.24) is 9.55 Å². The van der Waals surface area contributed by atoms with Crippen molar-refractivity contribution in [2.45, 2.75) is 40.0 Å². The van der Waals surface area contributed by atoms with Gasteiger partial charge in [0, 0.05) is 18.3 Å². The molecule has 0 saturated heterocycles. The zero-order valence-electron chi connectivity index (χ0n) is 16.2. The van der Waals surface area contributed by atoms with Crippen LogP contribution < -0.4 is 0 Å². The molecule has 0 unspecified atom stereocenters. The van der Waals surface area contributed by atoms with E-state index in [4.69, 9.17) is 15.3 Å². The summed E-state index contributed by atoms with van der Waals surface area (Å²) in [5.41, 5.74) is 1.61. The van der Waals surface area contributed by atoms with Crippen LogP contribution in [0.5, 0.6) is 5.75 Å². The Morgan fingerprint density at radius 2 is 1.46 bits per heavy atom. The fourth-order valence-corrected chi connectivity index (χ4v) is 2.98. The Morgan fingerprint density at radius 1 is 0.893 bits per heavy atom. The van der Waals surface area contributed by atoms with Crippen molar-refractivity contribution in [2.75, 3.05) is 0 Å². The van der Waals surface area contributed by atoms with Gasteiger partial charge in [-0.2, -0.15) is 0 Å². The van der Waals surface area contributed by atoms with Crippen molar-refractivity contribution in [3.05, 3.63) is 46.0 Å². The van der Waals surface area contributed by atoms with E-state index in [0.29, 0.717) is 5.75 Å². The molecule has 152 valence electrons. The summed E-state index contributed by atoms with van der Waals surface area (Å²) in [6, 6.07) is 1.82. The topological polar surface area (TPSA) is 150 Å². The molecule has 9 nitrogen and oxygen atoms in total. The highest BCUT2D eigenvalue weighted by molar-refractivity contribution is 6.01. The number of aromatic carboxylic acids is 3. The van der Waals surface area contributed by atoms with Crippen molar-refractivity contribution in [3.8, 4) is 5.75 Å². The van der Waals surface area contributed by atoms with Gasteiger partial charge in [-0.05, 0) is 31.4 Å². The first-order chi connectivity index (χ1) is 13.1. The zero-order chi connectivity index (χ0) is 21.6. The molecular weight excluding hydrogens is 368 g/mol. The lowest BCUT2D eigenvalue weighted by Gasteiger charge is -2.03. The number of nitrogens with zero attached hydrogens (tertiary/aromatic N) is 2. The molecule has 28 heavy (non-hydrogen) atoms. The molecule has 2 heterocycles. The molecule has 0 aliphatic rings. The third kappa shape index (κ3) is 4.67. The van der Waals surface area contributed by atoms with Gasteiger partial charge in [-0.3, -0.25) is 0 Å². The van der Waals surface area contributed by atoms with E-state index in [-0.39, 0.29) is 0 Å². The molecule has 2 rings (SSSR count). The van der Waals surface area contributed by atoms with Gasteiger partial charge in [0.25, 0.3) is 0 Å². The molecule has 0 bridgehead atoms. The van der Waals surface area contributed by atoms with Crippen LogP contribution in [0.3, 0.4) is 0 Å². The molecule has 0 radical (unpaired) electrons. The molecule has 0 aromatic carbocycles. The molecule has 9 heteroatoms. The van der Waals surface area contributed by atoms with Gasteiger partial charge in [0.1, 0.15) is 11.4 Å². The van der Waals surface area contributed by atoms with E-state index in [1.807, 2.05) is 7.05 Å². The van der Waals surface area contributed by atoms with Gasteiger partial charge in [-0.15, -0.1) is 0 Å². The van der Waals surface area contributed by atoms with Crippen molar-refractivity contribution >= 4 is 17.9 Å². The molecule has 0 spiro atoms. The highest BCUT2D eigenvalue weighted by Gasteiger charge is 2.20. The van der Waals surface area contributed by atoms with Gasteiger partial charge < -0.3 is 25.0 Å². The quantitative estimate of drug-likeness (QED) is 0.586. The average Bonchev–Trinajstić information content (AvgIpc) is 2.89. The largest absolute Gasteiger partial charge is 0.506 e. The predicted octanol–water partition coefficient (Wildman–Crippen LogP) is 2.59. The Balaban J connectivity index is 0.000000283. The monoisotopic (exact) mass is 392 g/mol. The maximum Gasteiger partial charge on any atom is 0.355 e. The molecule has 0 atom stereocenters. The van der Waals surface area contributed by atoms with Crippen LogP contribution >= 0.6 is 0 Å². The van der Waals surface area contributed by atoms with E-state index in [1.54, 1.807) is 0 Å². The van der Waals surface area contributed by atoms with E-state index in [1.165, 1.54) is 5.69 Å². The first-order valence-corrected chi connectivity index (χ1v) is 8.69. The summed E-state index contributed by atoms with van der Waals surface area (Å²) in [4.78, 5) is 34.8. The molecule has 0 fully saturated rings. The lowest BCUT2D eigenvalue weighted by molar-refractivity contribution is 0.0641. The number of hydrogen-bond donors (Lipinski definition) is 4. The number of aromatic nitrogens is 2. The van der Waals surface area contributed by atoms with Gasteiger partial charge in [0.05, 0.1) is 11.3 Å². The number of hydrogen-bond acceptors (Lipinski definition) is 5.